The predicted molar refractivity (Wildman–Crippen MR) is 426 cm³/mol. The molecule has 11 rings (SSSR count). The van der Waals surface area contributed by atoms with E-state index in [1.807, 2.05) is 32.9 Å². The van der Waals surface area contributed by atoms with Gasteiger partial charge in [-0.15, -0.1) is 0 Å². The number of carbonyl (C=O) groups excluding carboxylic acids is 8. The molecule has 8 aromatic rings. The van der Waals surface area contributed by atoms with Crippen LogP contribution in [0, 0.1) is 34.6 Å². The molecule has 24 nitrogen and oxygen atoms in total. The number of aromatic hydroxyl groups is 2. The van der Waals surface area contributed by atoms with E-state index < -0.39 is 41.7 Å². The molecule has 33 heteroatoms. The Hall–Kier alpha value is -9.86. The molecule has 8 aromatic carbocycles. The average Bonchev–Trinajstić information content (AvgIpc) is 1.64. The fourth-order valence-corrected chi connectivity index (χ4v) is 13.9. The van der Waals surface area contributed by atoms with Crippen molar-refractivity contribution in [2.24, 2.45) is 15.3 Å². The fourth-order valence-electron chi connectivity index (χ4n) is 11.2. The summed E-state index contributed by atoms with van der Waals surface area (Å²) in [4.78, 5) is 106. The first-order valence-electron chi connectivity index (χ1n) is 32.4. The highest BCUT2D eigenvalue weighted by atomic mass is 35.5. The third-order valence-corrected chi connectivity index (χ3v) is 18.7. The number of ether oxygens (including phenoxy) is 3. The molecule has 2 unspecified atom stereocenters. The summed E-state index contributed by atoms with van der Waals surface area (Å²) in [6.45, 7) is 16.2. The summed E-state index contributed by atoms with van der Waals surface area (Å²) in [5, 5.41) is 43.2. The molecular weight excluding hydrogens is 1580 g/mol. The van der Waals surface area contributed by atoms with Crippen LogP contribution in [0.3, 0.4) is 0 Å². The quantitative estimate of drug-likeness (QED) is 0.0743. The summed E-state index contributed by atoms with van der Waals surface area (Å²) in [5.41, 5.74) is 6.23. The normalized spacial score (nSPS) is 13.6. The number of carbonyl (C=O) groups is 8. The molecule has 4 N–H and O–H groups in total. The molecule has 3 aliphatic rings. The number of benzene rings is 8. The number of amidine groups is 3. The Kier molecular flexibility index (Phi) is 26.6. The molecular formula is C75H66Cl9N11O13. The van der Waals surface area contributed by atoms with E-state index >= 15 is 0 Å². The van der Waals surface area contributed by atoms with Gasteiger partial charge in [0.15, 0.2) is 12.2 Å². The van der Waals surface area contributed by atoms with Crippen LogP contribution in [0.4, 0.5) is 45.5 Å². The number of hydrogen-bond donors (Lipinski definition) is 4. The van der Waals surface area contributed by atoms with Crippen molar-refractivity contribution >= 4 is 215 Å². The molecule has 562 valence electrons. The maximum Gasteiger partial charge on any atom is 0.265 e. The Balaban J connectivity index is 0.000000190. The number of phenols is 2. The van der Waals surface area contributed by atoms with Crippen LogP contribution in [0.25, 0.3) is 0 Å². The Morgan fingerprint density at radius 2 is 0.787 bits per heavy atom. The SMILES string of the molecule is CC(=O)N(C1=NN(c2c(C)cc(C)cc2Cl)C(=O)C1)c1cc(NC(=O)C(C)Oc2ccc(O)c(C)c2)ccc1Cl.CC(=O)N(C1=NN(c2c(Cl)cc(Cl)cc2Cl)C(=O)C1)c1cc(NC(=O)C(C)Oc2ccc(O)c(C)c2)ccc1Cl.COc1ccc(C)cc1N(C(C)=O)C1=NN(c2c(Cl)cc(Cl)cc2Cl)C(=O)C1. The van der Waals surface area contributed by atoms with Crippen LogP contribution >= 0.6 is 104 Å². The van der Waals surface area contributed by atoms with E-state index in [1.165, 1.54) is 108 Å². The molecule has 2 atom stereocenters. The second-order valence-corrected chi connectivity index (χ2v) is 28.2. The second kappa shape index (κ2) is 35.0. The average molecular weight is 1650 g/mol. The minimum Gasteiger partial charge on any atom is -0.508 e. The van der Waals surface area contributed by atoms with Gasteiger partial charge in [-0.2, -0.15) is 30.3 Å². The van der Waals surface area contributed by atoms with Gasteiger partial charge in [0.1, 0.15) is 57.6 Å². The number of hydrogen-bond acceptors (Lipinski definition) is 16. The molecule has 0 aromatic heterocycles. The van der Waals surface area contributed by atoms with Crippen molar-refractivity contribution < 1.29 is 62.8 Å². The minimum atomic E-state index is -0.897. The Labute approximate surface area is 665 Å². The number of aryl methyl sites for hydroxylation is 5. The molecule has 3 aliphatic heterocycles. The summed E-state index contributed by atoms with van der Waals surface area (Å²) in [5.74, 6) is -1.32. The molecule has 108 heavy (non-hydrogen) atoms. The number of hydrazone groups is 3. The number of rotatable bonds is 15. The van der Waals surface area contributed by atoms with Gasteiger partial charge >= 0.3 is 0 Å². The lowest BCUT2D eigenvalue weighted by Gasteiger charge is -2.22. The number of phenolic OH excluding ortho intramolecular Hbond substituents is 2. The number of anilines is 8. The van der Waals surface area contributed by atoms with Crippen LogP contribution in [0.1, 0.15) is 81.7 Å². The predicted octanol–water partition coefficient (Wildman–Crippen LogP) is 18.0. The summed E-state index contributed by atoms with van der Waals surface area (Å²) in [6, 6.07) is 33.3. The van der Waals surface area contributed by atoms with Gasteiger partial charge < -0.3 is 35.1 Å². The van der Waals surface area contributed by atoms with Crippen molar-refractivity contribution in [1.29, 1.82) is 0 Å². The van der Waals surface area contributed by atoms with E-state index in [2.05, 4.69) is 25.9 Å². The topological polar surface area (TPSA) is 285 Å². The second-order valence-electron chi connectivity index (χ2n) is 24.5. The van der Waals surface area contributed by atoms with Crippen molar-refractivity contribution in [2.75, 3.05) is 47.5 Å². The maximum atomic E-state index is 13.0. The molecule has 8 amide bonds. The standard InChI is InChI=1S/C29H28Cl2N4O5.C27H22Cl4N4O5.C19H16Cl3N3O3/c1-15-10-17(3)28(23(31)11-15)35-27(38)14-26(33-35)34(19(5)36)24-13-20(6-8-22(24)30)32-29(39)18(4)40-21-7-9-25(37)16(2)12-21;1-13-8-18(5-7-23(13)37)40-14(2)27(39)32-17-4-6-19(29)22(11-17)34(15(3)36)24-12-25(38)35(33-24)26-20(30)9-16(28)10-21(26)31;1-10-4-5-16(28-3)15(6-10)24(11(2)26)17-9-18(27)25(23-17)19-13(21)7-12(20)8-14(19)22/h6-13,18,37H,14H2,1-5H3,(H,32,39);4-11,14,37H,12H2,1-3H3,(H,32,39);4-8H,9H2,1-3H3. The van der Waals surface area contributed by atoms with Gasteiger partial charge in [-0.05, 0) is 192 Å². The van der Waals surface area contributed by atoms with Crippen molar-refractivity contribution in [1.82, 2.24) is 0 Å². The van der Waals surface area contributed by atoms with Crippen molar-refractivity contribution in [2.45, 2.75) is 101 Å². The van der Waals surface area contributed by atoms with E-state index in [0.717, 1.165) is 26.7 Å². The summed E-state index contributed by atoms with van der Waals surface area (Å²) in [7, 11) is 1.51. The maximum absolute atomic E-state index is 13.0. The summed E-state index contributed by atoms with van der Waals surface area (Å²) >= 11 is 56.3. The van der Waals surface area contributed by atoms with Crippen LogP contribution in [0.5, 0.6) is 28.7 Å². The van der Waals surface area contributed by atoms with E-state index in [-0.39, 0.29) is 124 Å². The number of nitrogens with zero attached hydrogens (tertiary/aromatic N) is 9. The molecule has 0 aliphatic carbocycles. The molecule has 0 spiro atoms. The molecule has 0 saturated heterocycles. The molecule has 0 saturated carbocycles. The Bertz CT molecular complexity index is 4800. The molecule has 0 bridgehead atoms. The first kappa shape index (κ1) is 82.2. The zero-order chi connectivity index (χ0) is 79.2. The fraction of sp³-hybridized carbons (Fsp3) is 0.213. The first-order valence-corrected chi connectivity index (χ1v) is 35.8. The first-order chi connectivity index (χ1) is 50.9. The number of amides is 8. The molecule has 0 radical (unpaired) electrons. The minimum absolute atomic E-state index is 0.0735. The smallest absolute Gasteiger partial charge is 0.265 e. The van der Waals surface area contributed by atoms with Crippen molar-refractivity contribution in [3.63, 3.8) is 0 Å². The van der Waals surface area contributed by atoms with Crippen molar-refractivity contribution in [3.05, 3.63) is 200 Å². The molecule has 3 heterocycles. The van der Waals surface area contributed by atoms with Crippen LogP contribution in [0.15, 0.2) is 143 Å². The third-order valence-electron chi connectivity index (χ3n) is 16.2. The van der Waals surface area contributed by atoms with Crippen LogP contribution in [-0.2, 0) is 38.4 Å². The van der Waals surface area contributed by atoms with Crippen LogP contribution < -0.4 is 54.6 Å². The van der Waals surface area contributed by atoms with Gasteiger partial charge in [-0.3, -0.25) is 53.1 Å². The molecule has 0 fully saturated rings. The van der Waals surface area contributed by atoms with Gasteiger partial charge in [0.25, 0.3) is 29.5 Å². The van der Waals surface area contributed by atoms with Gasteiger partial charge in [0, 0.05) is 42.2 Å². The van der Waals surface area contributed by atoms with Gasteiger partial charge in [-0.25, -0.2) is 0 Å². The zero-order valence-electron chi connectivity index (χ0n) is 59.2. The lowest BCUT2D eigenvalue weighted by Crippen LogP contribution is -2.35. The number of halogens is 9. The van der Waals surface area contributed by atoms with E-state index in [0.29, 0.717) is 61.2 Å². The lowest BCUT2D eigenvalue weighted by molar-refractivity contribution is -0.122. The number of methoxy groups -OCH3 is 1. The van der Waals surface area contributed by atoms with Gasteiger partial charge in [-0.1, -0.05) is 117 Å². The van der Waals surface area contributed by atoms with E-state index in [9.17, 15) is 48.6 Å². The van der Waals surface area contributed by atoms with Crippen LogP contribution in [-0.4, -0.2) is 94.3 Å². The zero-order valence-corrected chi connectivity index (χ0v) is 66.0. The van der Waals surface area contributed by atoms with E-state index in [1.54, 1.807) is 82.3 Å². The Morgan fingerprint density at radius 3 is 1.14 bits per heavy atom. The summed E-state index contributed by atoms with van der Waals surface area (Å²) in [6.07, 6.45) is -2.29. The largest absolute Gasteiger partial charge is 0.508 e. The Morgan fingerprint density at radius 1 is 0.426 bits per heavy atom. The highest BCUT2D eigenvalue weighted by molar-refractivity contribution is 6.45. The van der Waals surface area contributed by atoms with Crippen molar-refractivity contribution in [3.8, 4) is 28.7 Å². The lowest BCUT2D eigenvalue weighted by atomic mass is 10.1. The highest BCUT2D eigenvalue weighted by Crippen LogP contribution is 2.43. The monoisotopic (exact) mass is 1640 g/mol. The number of nitrogens with one attached hydrogen (secondary N) is 2. The van der Waals surface area contributed by atoms with Crippen LogP contribution in [0.2, 0.25) is 45.2 Å². The third kappa shape index (κ3) is 19.2. The summed E-state index contributed by atoms with van der Waals surface area (Å²) < 4.78 is 16.8. The highest BCUT2D eigenvalue weighted by Gasteiger charge is 2.38. The van der Waals surface area contributed by atoms with Gasteiger partial charge in [0.05, 0.1) is 84.3 Å². The van der Waals surface area contributed by atoms with E-state index in [4.69, 9.17) is 119 Å². The van der Waals surface area contributed by atoms with Gasteiger partial charge in [0.2, 0.25) is 17.7 Å².